The summed E-state index contributed by atoms with van der Waals surface area (Å²) < 4.78 is 71.4. The number of carboxylic acid groups (broad SMARTS) is 1. The van der Waals surface area contributed by atoms with Crippen LogP contribution in [0.2, 0.25) is 0 Å². The molecule has 0 saturated heterocycles. The third-order valence-corrected chi connectivity index (χ3v) is 12.0. The number of aliphatic carboxylic acids is 1. The Morgan fingerprint density at radius 2 is 1.45 bits per heavy atom. The third-order valence-electron chi connectivity index (χ3n) is 10.3. The monoisotopic (exact) mass is 795 g/mol. The summed E-state index contributed by atoms with van der Waals surface area (Å²) in [6.07, 6.45) is 14.7. The zero-order valence-corrected chi connectivity index (χ0v) is 36.2. The maximum Gasteiger partial charge on any atom is 1.00 e. The van der Waals surface area contributed by atoms with Crippen molar-refractivity contribution < 1.29 is 96.9 Å². The van der Waals surface area contributed by atoms with Gasteiger partial charge in [0.2, 0.25) is 5.91 Å². The summed E-state index contributed by atoms with van der Waals surface area (Å²) in [4.78, 5) is 25.4. The molecule has 0 bridgehead atoms. The van der Waals surface area contributed by atoms with E-state index in [-0.39, 0.29) is 79.5 Å². The number of benzene rings is 2. The molecule has 0 aromatic heterocycles. The number of carbonyl (C=O) groups excluding carboxylic acids is 1. The summed E-state index contributed by atoms with van der Waals surface area (Å²) in [6, 6.07) is 8.93. The second-order valence-corrected chi connectivity index (χ2v) is 17.3. The maximum absolute atomic E-state index is 11.9. The zero-order valence-electron chi connectivity index (χ0n) is 31.5. The van der Waals surface area contributed by atoms with Crippen molar-refractivity contribution in [2.75, 3.05) is 25.0 Å². The van der Waals surface area contributed by atoms with Crippen LogP contribution >= 0.6 is 0 Å². The number of nitrogens with zero attached hydrogens (tertiary/aromatic N) is 1. The third kappa shape index (κ3) is 11.0. The Morgan fingerprint density at radius 3 is 2.08 bits per heavy atom. The average Bonchev–Trinajstić information content (AvgIpc) is 3.40. The molecule has 0 radical (unpaired) electrons. The minimum absolute atomic E-state index is 0. The normalized spacial score (nSPS) is 19.8. The van der Waals surface area contributed by atoms with Crippen molar-refractivity contribution in [3.8, 4) is 0 Å². The number of unbranched alkanes of at least 4 members (excludes halogenated alkanes) is 4. The number of hydrogen-bond acceptors (Lipinski definition) is 9. The van der Waals surface area contributed by atoms with Crippen LogP contribution in [0.1, 0.15) is 90.2 Å². The van der Waals surface area contributed by atoms with Crippen LogP contribution in [0.3, 0.4) is 0 Å². The molecule has 2 unspecified atom stereocenters. The van der Waals surface area contributed by atoms with Gasteiger partial charge in [0.15, 0.2) is 0 Å². The first-order valence-electron chi connectivity index (χ1n) is 17.6. The van der Waals surface area contributed by atoms with Crippen molar-refractivity contribution in [1.29, 1.82) is 0 Å². The Kier molecular flexibility index (Phi) is 15.9. The summed E-state index contributed by atoms with van der Waals surface area (Å²) in [5, 5.41) is 11.7. The summed E-state index contributed by atoms with van der Waals surface area (Å²) in [7, 11) is -7.68. The van der Waals surface area contributed by atoms with Crippen molar-refractivity contribution in [2.24, 2.45) is 0 Å². The van der Waals surface area contributed by atoms with Gasteiger partial charge in [0, 0.05) is 54.9 Å². The molecule has 4 rings (SSSR count). The molecule has 53 heavy (non-hydrogen) atoms. The molecule has 12 nitrogen and oxygen atoms in total. The van der Waals surface area contributed by atoms with E-state index in [1.165, 1.54) is 24.3 Å². The van der Waals surface area contributed by atoms with Crippen molar-refractivity contribution in [2.45, 2.75) is 106 Å². The predicted octanol–water partition coefficient (Wildman–Crippen LogP) is 1.42. The van der Waals surface area contributed by atoms with Crippen LogP contribution in [-0.2, 0) is 40.7 Å². The molecule has 0 saturated carbocycles. The number of allylic oxidation sites excluding steroid dienone is 5. The Labute approximate surface area is 356 Å². The molecule has 2 aliphatic rings. The van der Waals surface area contributed by atoms with E-state index in [1.54, 1.807) is 19.2 Å². The van der Waals surface area contributed by atoms with Crippen molar-refractivity contribution >= 4 is 43.5 Å². The molecule has 284 valence electrons. The number of quaternary nitrogens is 1. The number of amides is 1. The fraction of sp³-hybridized carbons (Fsp3) is 0.474. The number of rotatable bonds is 17. The second-order valence-electron chi connectivity index (χ2n) is 14.6. The molecule has 0 fully saturated rings. The number of hydrogen-bond donors (Lipinski definition) is 3. The van der Waals surface area contributed by atoms with Gasteiger partial charge < -0.3 is 24.4 Å². The minimum Gasteiger partial charge on any atom is -0.744 e. The van der Waals surface area contributed by atoms with Crippen LogP contribution in [0.4, 0.5) is 11.4 Å². The van der Waals surface area contributed by atoms with E-state index in [9.17, 15) is 35.5 Å². The standard InChI is InChI=1S/C38H51N3O9S2.K/c1-37(2)29-25-27(51(45,46)47)19-21-31(29)40(23-13-7-11-17-35(42)39-5)33(37)15-9-6-10-16-34-38(3,4)30-26-28(52(48,49)50)20-22-32(30)41(34)24-14-8-12-18-36(43)44;/h6,9-10,15-16,19-22,25-26,33H,7-8,11-14,17-18,23-24H2,1-5H3,(H,39,42)(H,43,44)(H,45,46,47)(H,48,49,50);/q;+1/p-1/b10-6+,15-9+,34-16+;. The van der Waals surface area contributed by atoms with E-state index in [4.69, 9.17) is 5.11 Å². The van der Waals surface area contributed by atoms with E-state index in [1.807, 2.05) is 52.0 Å². The first-order valence-corrected chi connectivity index (χ1v) is 20.4. The Balaban J connectivity index is 0.00000756. The first-order chi connectivity index (χ1) is 24.3. The van der Waals surface area contributed by atoms with Crippen LogP contribution in [-0.4, -0.2) is 69.1 Å². The van der Waals surface area contributed by atoms with Crippen LogP contribution < -0.4 is 66.5 Å². The molecule has 3 N–H and O–H groups in total. The molecule has 2 atom stereocenters. The number of carbonyl (C=O) groups is 2. The quantitative estimate of drug-likeness (QED) is 0.0915. The van der Waals surface area contributed by atoms with Crippen molar-refractivity contribution in [3.63, 3.8) is 0 Å². The van der Waals surface area contributed by atoms with E-state index >= 15 is 0 Å². The van der Waals surface area contributed by atoms with Gasteiger partial charge in [-0.25, -0.2) is 16.8 Å². The number of nitrogens with one attached hydrogen (secondary N) is 2. The largest absolute Gasteiger partial charge is 1.00 e. The van der Waals surface area contributed by atoms with Gasteiger partial charge in [0.05, 0.1) is 21.8 Å². The van der Waals surface area contributed by atoms with E-state index in [0.717, 1.165) is 53.3 Å². The van der Waals surface area contributed by atoms with Crippen LogP contribution in [0.15, 0.2) is 82.3 Å². The molecule has 15 heteroatoms. The molecule has 2 aromatic rings. The Bertz CT molecular complexity index is 1970. The zero-order chi connectivity index (χ0) is 38.5. The van der Waals surface area contributed by atoms with Crippen molar-refractivity contribution in [3.05, 3.63) is 83.6 Å². The maximum atomic E-state index is 11.9. The number of carboxylic acids is 1. The first kappa shape index (κ1) is 45.2. The van der Waals surface area contributed by atoms with Gasteiger partial charge in [0.25, 0.3) is 0 Å². The molecular weight excluding hydrogens is 746 g/mol. The number of fused-ring (bicyclic) bond motifs is 2. The summed E-state index contributed by atoms with van der Waals surface area (Å²) in [5.74, 6) is -0.844. The summed E-state index contributed by atoms with van der Waals surface area (Å²) in [6.45, 7) is 9.33. The Hall–Kier alpha value is -2.18. The second kappa shape index (κ2) is 18.6. The molecule has 0 spiro atoms. The van der Waals surface area contributed by atoms with Gasteiger partial charge in [-0.3, -0.25) is 14.5 Å². The fourth-order valence-corrected chi connectivity index (χ4v) is 8.47. The van der Waals surface area contributed by atoms with E-state index in [0.29, 0.717) is 37.8 Å². The molecule has 1 amide bonds. The van der Waals surface area contributed by atoms with Crippen molar-refractivity contribution in [1.82, 2.24) is 5.32 Å². The smallest absolute Gasteiger partial charge is 0.744 e. The molecule has 2 aliphatic heterocycles. The summed E-state index contributed by atoms with van der Waals surface area (Å²) >= 11 is 0. The predicted molar refractivity (Wildman–Crippen MR) is 196 cm³/mol. The van der Waals surface area contributed by atoms with Gasteiger partial charge in [-0.15, -0.1) is 0 Å². The van der Waals surface area contributed by atoms with Gasteiger partial charge in [-0.05, 0) is 94.0 Å². The molecular formula is C38H50KN3O9S2. The van der Waals surface area contributed by atoms with Crippen LogP contribution in [0, 0.1) is 0 Å². The number of anilines is 1. The van der Waals surface area contributed by atoms with E-state index in [2.05, 4.69) is 16.3 Å². The van der Waals surface area contributed by atoms with E-state index < -0.39 is 37.0 Å². The Morgan fingerprint density at radius 1 is 0.849 bits per heavy atom. The minimum atomic E-state index is -4.66. The summed E-state index contributed by atoms with van der Waals surface area (Å²) in [5.41, 5.74) is 2.99. The van der Waals surface area contributed by atoms with Gasteiger partial charge in [0.1, 0.15) is 32.0 Å². The molecule has 0 aliphatic carbocycles. The topological polar surface area (TPSA) is 188 Å². The SMILES string of the molecule is CNC(=O)CCCCC[NH+]1c2ccc(S(=O)(=O)[O-])cc2C(C)(C)C1/C=C/C=C/C=C1/N(CCCCCC(=O)O)c2ccc(S(=O)(=O)[O-])cc2C1(C)C.[K+]. The van der Waals surface area contributed by atoms with Crippen LogP contribution in [0.25, 0.3) is 0 Å². The van der Waals surface area contributed by atoms with Gasteiger partial charge in [-0.1, -0.05) is 38.5 Å². The van der Waals surface area contributed by atoms with Gasteiger partial charge in [-0.2, -0.15) is 0 Å². The van der Waals surface area contributed by atoms with Gasteiger partial charge >= 0.3 is 57.4 Å². The fourth-order valence-electron chi connectivity index (χ4n) is 7.47. The average molecular weight is 796 g/mol. The molecule has 2 heterocycles. The van der Waals surface area contributed by atoms with Crippen LogP contribution in [0.5, 0.6) is 0 Å². The molecule has 2 aromatic carbocycles.